The lowest BCUT2D eigenvalue weighted by molar-refractivity contribution is 0.0952. The van der Waals surface area contributed by atoms with E-state index in [0.29, 0.717) is 18.7 Å². The van der Waals surface area contributed by atoms with Crippen LogP contribution in [-0.4, -0.2) is 22.0 Å². The number of pyridine rings is 2. The number of hydrogen-bond acceptors (Lipinski definition) is 3. The summed E-state index contributed by atoms with van der Waals surface area (Å²) in [6.45, 7) is 3.19. The summed E-state index contributed by atoms with van der Waals surface area (Å²) < 4.78 is 1.75. The highest BCUT2D eigenvalue weighted by Crippen LogP contribution is 1.99. The Bertz CT molecular complexity index is 650. The maximum absolute atomic E-state index is 11.8. The van der Waals surface area contributed by atoms with Crippen molar-refractivity contribution >= 4 is 5.91 Å². The fourth-order valence-corrected chi connectivity index (χ4v) is 2.11. The fourth-order valence-electron chi connectivity index (χ4n) is 2.11. The normalized spacial score (nSPS) is 10.3. The molecule has 2 aromatic rings. The number of amides is 1. The largest absolute Gasteiger partial charge is 0.352 e. The number of carbonyl (C=O) groups is 1. The van der Waals surface area contributed by atoms with Crippen LogP contribution in [-0.2, 0) is 6.54 Å². The number of nitrogens with zero attached hydrogens (tertiary/aromatic N) is 2. The highest BCUT2D eigenvalue weighted by Gasteiger charge is 2.04. The molecule has 0 unspecified atom stereocenters. The van der Waals surface area contributed by atoms with Crippen LogP contribution in [0.5, 0.6) is 0 Å². The molecule has 0 aliphatic carbocycles. The molecule has 0 aliphatic rings. The number of unbranched alkanes of at least 4 members (excludes halogenated alkanes) is 1. The van der Waals surface area contributed by atoms with Crippen LogP contribution in [0.15, 0.2) is 47.5 Å². The van der Waals surface area contributed by atoms with Gasteiger partial charge < -0.3 is 9.88 Å². The number of aryl methyl sites for hydroxylation is 1. The Labute approximate surface area is 123 Å². The Morgan fingerprint density at radius 3 is 2.81 bits per heavy atom. The second kappa shape index (κ2) is 7.38. The first kappa shape index (κ1) is 15.0. The molecule has 110 valence electrons. The Hall–Kier alpha value is -2.43. The summed E-state index contributed by atoms with van der Waals surface area (Å²) in [4.78, 5) is 27.4. The molecule has 0 bridgehead atoms. The van der Waals surface area contributed by atoms with Gasteiger partial charge in [-0.05, 0) is 38.0 Å². The molecule has 5 heteroatoms. The van der Waals surface area contributed by atoms with Crippen molar-refractivity contribution in [2.24, 2.45) is 0 Å². The zero-order chi connectivity index (χ0) is 15.1. The molecule has 0 aliphatic heterocycles. The molecule has 21 heavy (non-hydrogen) atoms. The summed E-state index contributed by atoms with van der Waals surface area (Å²) in [7, 11) is 0. The predicted molar refractivity (Wildman–Crippen MR) is 81.2 cm³/mol. The van der Waals surface area contributed by atoms with Crippen LogP contribution in [0.3, 0.4) is 0 Å². The molecule has 1 N–H and O–H groups in total. The van der Waals surface area contributed by atoms with Crippen molar-refractivity contribution in [1.29, 1.82) is 0 Å². The Morgan fingerprint density at radius 1 is 1.24 bits per heavy atom. The molecule has 1 amide bonds. The highest BCUT2D eigenvalue weighted by atomic mass is 16.1. The van der Waals surface area contributed by atoms with Crippen LogP contribution in [0.25, 0.3) is 0 Å². The van der Waals surface area contributed by atoms with Crippen molar-refractivity contribution in [1.82, 2.24) is 14.9 Å². The van der Waals surface area contributed by atoms with Crippen LogP contribution in [0.2, 0.25) is 0 Å². The van der Waals surface area contributed by atoms with Crippen LogP contribution in [0.1, 0.15) is 28.9 Å². The van der Waals surface area contributed by atoms with Crippen molar-refractivity contribution in [2.75, 3.05) is 6.54 Å². The number of hydrogen-bond donors (Lipinski definition) is 1. The molecule has 0 spiro atoms. The highest BCUT2D eigenvalue weighted by molar-refractivity contribution is 5.93. The summed E-state index contributed by atoms with van der Waals surface area (Å²) in [6.07, 6.45) is 4.85. The van der Waals surface area contributed by atoms with Crippen LogP contribution in [0, 0.1) is 6.92 Å². The van der Waals surface area contributed by atoms with E-state index >= 15 is 0 Å². The predicted octanol–water partition coefficient (Wildman–Crippen LogP) is 1.76. The zero-order valence-electron chi connectivity index (χ0n) is 12.1. The molecule has 0 aromatic carbocycles. The minimum absolute atomic E-state index is 0.0226. The van der Waals surface area contributed by atoms with Gasteiger partial charge in [-0.2, -0.15) is 0 Å². The molecular weight excluding hydrogens is 266 g/mol. The molecule has 2 aromatic heterocycles. The molecule has 0 saturated carbocycles. The molecule has 5 nitrogen and oxygen atoms in total. The summed E-state index contributed by atoms with van der Waals surface area (Å²) in [5.74, 6) is -0.115. The lowest BCUT2D eigenvalue weighted by Gasteiger charge is -2.09. The lowest BCUT2D eigenvalue weighted by Crippen LogP contribution is -2.25. The third-order valence-corrected chi connectivity index (χ3v) is 3.29. The van der Waals surface area contributed by atoms with Crippen molar-refractivity contribution in [2.45, 2.75) is 26.3 Å². The van der Waals surface area contributed by atoms with Gasteiger partial charge in [0.1, 0.15) is 0 Å². The van der Waals surface area contributed by atoms with Gasteiger partial charge in [-0.3, -0.25) is 14.6 Å². The third kappa shape index (κ3) is 4.27. The standard InChI is InChI=1S/C16H19N3O2/c1-13-6-4-8-15(20)19(13)11-3-2-10-18-16(21)14-7-5-9-17-12-14/h4-9,12H,2-3,10-11H2,1H3,(H,18,21). The van der Waals surface area contributed by atoms with Crippen LogP contribution in [0.4, 0.5) is 0 Å². The first-order valence-electron chi connectivity index (χ1n) is 7.03. The van der Waals surface area contributed by atoms with Gasteiger partial charge >= 0.3 is 0 Å². The van der Waals surface area contributed by atoms with E-state index in [1.165, 1.54) is 0 Å². The molecule has 0 saturated heterocycles. The number of rotatable bonds is 6. The van der Waals surface area contributed by atoms with Gasteiger partial charge in [-0.15, -0.1) is 0 Å². The minimum Gasteiger partial charge on any atom is -0.352 e. The number of nitrogens with one attached hydrogen (secondary N) is 1. The maximum atomic E-state index is 11.8. The minimum atomic E-state index is -0.115. The topological polar surface area (TPSA) is 64.0 Å². The van der Waals surface area contributed by atoms with Gasteiger partial charge in [0.2, 0.25) is 0 Å². The van der Waals surface area contributed by atoms with Gasteiger partial charge in [0, 0.05) is 37.2 Å². The molecule has 2 rings (SSSR count). The molecule has 0 fully saturated rings. The Kier molecular flexibility index (Phi) is 5.26. The monoisotopic (exact) mass is 285 g/mol. The van der Waals surface area contributed by atoms with Crippen molar-refractivity contribution < 1.29 is 4.79 Å². The fraction of sp³-hybridized carbons (Fsp3) is 0.312. The van der Waals surface area contributed by atoms with E-state index < -0.39 is 0 Å². The van der Waals surface area contributed by atoms with Gasteiger partial charge in [0.05, 0.1) is 5.56 Å². The summed E-state index contributed by atoms with van der Waals surface area (Å²) >= 11 is 0. The van der Waals surface area contributed by atoms with Crippen LogP contribution < -0.4 is 10.9 Å². The second-order valence-electron chi connectivity index (χ2n) is 4.86. The van der Waals surface area contributed by atoms with E-state index in [9.17, 15) is 9.59 Å². The Balaban J connectivity index is 1.73. The number of carbonyl (C=O) groups excluding carboxylic acids is 1. The van der Waals surface area contributed by atoms with E-state index in [-0.39, 0.29) is 11.5 Å². The van der Waals surface area contributed by atoms with E-state index in [2.05, 4.69) is 10.3 Å². The zero-order valence-corrected chi connectivity index (χ0v) is 12.1. The molecule has 0 radical (unpaired) electrons. The average molecular weight is 285 g/mol. The first-order chi connectivity index (χ1) is 10.2. The third-order valence-electron chi connectivity index (χ3n) is 3.29. The van der Waals surface area contributed by atoms with E-state index in [1.54, 1.807) is 41.2 Å². The Morgan fingerprint density at radius 2 is 2.10 bits per heavy atom. The smallest absolute Gasteiger partial charge is 0.252 e. The summed E-state index contributed by atoms with van der Waals surface area (Å²) in [5.41, 5.74) is 1.55. The van der Waals surface area contributed by atoms with E-state index in [4.69, 9.17) is 0 Å². The first-order valence-corrected chi connectivity index (χ1v) is 7.03. The van der Waals surface area contributed by atoms with E-state index in [0.717, 1.165) is 18.5 Å². The van der Waals surface area contributed by atoms with Crippen molar-refractivity contribution in [3.63, 3.8) is 0 Å². The summed E-state index contributed by atoms with van der Waals surface area (Å²) in [5, 5.41) is 2.85. The van der Waals surface area contributed by atoms with Crippen LogP contribution >= 0.6 is 0 Å². The van der Waals surface area contributed by atoms with Crippen molar-refractivity contribution in [3.05, 3.63) is 64.3 Å². The number of aromatic nitrogens is 2. The van der Waals surface area contributed by atoms with E-state index in [1.807, 2.05) is 13.0 Å². The van der Waals surface area contributed by atoms with Gasteiger partial charge in [0.15, 0.2) is 0 Å². The lowest BCUT2D eigenvalue weighted by atomic mass is 10.2. The SMILES string of the molecule is Cc1cccc(=O)n1CCCCNC(=O)c1cccnc1. The maximum Gasteiger partial charge on any atom is 0.252 e. The second-order valence-corrected chi connectivity index (χ2v) is 4.86. The van der Waals surface area contributed by atoms with Crippen molar-refractivity contribution in [3.8, 4) is 0 Å². The molecule has 0 atom stereocenters. The molecular formula is C16H19N3O2. The van der Waals surface area contributed by atoms with Gasteiger partial charge in [-0.25, -0.2) is 0 Å². The average Bonchev–Trinajstić information content (AvgIpc) is 2.50. The molecule has 2 heterocycles. The quantitative estimate of drug-likeness (QED) is 0.823. The van der Waals surface area contributed by atoms with Gasteiger partial charge in [-0.1, -0.05) is 6.07 Å². The summed E-state index contributed by atoms with van der Waals surface area (Å²) in [6, 6.07) is 8.72. The van der Waals surface area contributed by atoms with Gasteiger partial charge in [0.25, 0.3) is 11.5 Å².